The topological polar surface area (TPSA) is 82.7 Å². The first-order valence-corrected chi connectivity index (χ1v) is 8.30. The molecule has 8 heteroatoms. The lowest BCUT2D eigenvalue weighted by Crippen LogP contribution is -2.52. The highest BCUT2D eigenvalue weighted by Crippen LogP contribution is 2.27. The van der Waals surface area contributed by atoms with Crippen LogP contribution in [0.15, 0.2) is 30.3 Å². The second kappa shape index (κ2) is 6.74. The van der Waals surface area contributed by atoms with Gasteiger partial charge < -0.3 is 15.4 Å². The molecule has 3 rings (SSSR count). The average molecular weight is 348 g/mol. The summed E-state index contributed by atoms with van der Waals surface area (Å²) >= 11 is 5.17. The molecule has 2 aliphatic rings. The highest BCUT2D eigenvalue weighted by molar-refractivity contribution is 7.80. The van der Waals surface area contributed by atoms with E-state index in [1.54, 1.807) is 19.1 Å². The van der Waals surface area contributed by atoms with Crippen molar-refractivity contribution in [3.8, 4) is 0 Å². The summed E-state index contributed by atoms with van der Waals surface area (Å²) < 4.78 is 5.50. The Bertz CT molecular complexity index is 648. The Labute approximate surface area is 145 Å². The Morgan fingerprint density at radius 2 is 2.17 bits per heavy atom. The fraction of sp³-hybridized carbons (Fsp3) is 0.438. The number of carbonyl (C=O) groups is 2. The molecule has 2 heterocycles. The Morgan fingerprint density at radius 3 is 2.83 bits per heavy atom. The van der Waals surface area contributed by atoms with Gasteiger partial charge in [-0.25, -0.2) is 4.79 Å². The first kappa shape index (κ1) is 16.7. The Morgan fingerprint density at radius 1 is 1.42 bits per heavy atom. The van der Waals surface area contributed by atoms with E-state index in [2.05, 4.69) is 16.1 Å². The molecule has 0 aliphatic carbocycles. The average Bonchev–Trinajstić information content (AvgIpc) is 3.17. The second-order valence-corrected chi connectivity index (χ2v) is 6.43. The molecule has 3 amide bonds. The van der Waals surface area contributed by atoms with Gasteiger partial charge in [-0.3, -0.25) is 10.2 Å². The van der Waals surface area contributed by atoms with Gasteiger partial charge >= 0.3 is 6.03 Å². The van der Waals surface area contributed by atoms with Gasteiger partial charge in [-0.15, -0.1) is 0 Å². The predicted octanol–water partition coefficient (Wildman–Crippen LogP) is 1.01. The van der Waals surface area contributed by atoms with E-state index < -0.39 is 17.5 Å². The number of imide groups is 1. The highest BCUT2D eigenvalue weighted by atomic mass is 32.1. The van der Waals surface area contributed by atoms with Gasteiger partial charge in [0.25, 0.3) is 5.91 Å². The van der Waals surface area contributed by atoms with Crippen LogP contribution in [0, 0.1) is 0 Å². The third-order valence-corrected chi connectivity index (χ3v) is 4.51. The number of nitrogens with one attached hydrogen (secondary N) is 3. The Hall–Kier alpha value is -2.19. The zero-order valence-electron chi connectivity index (χ0n) is 13.4. The summed E-state index contributed by atoms with van der Waals surface area (Å²) in [5, 5.41) is 6.82. The van der Waals surface area contributed by atoms with Crippen molar-refractivity contribution in [3.63, 3.8) is 0 Å². The van der Waals surface area contributed by atoms with Crippen molar-refractivity contribution in [1.82, 2.24) is 21.1 Å². The monoisotopic (exact) mass is 348 g/mol. The van der Waals surface area contributed by atoms with E-state index in [0.717, 1.165) is 24.5 Å². The van der Waals surface area contributed by atoms with Gasteiger partial charge in [0.05, 0.1) is 6.10 Å². The van der Waals surface area contributed by atoms with Crippen molar-refractivity contribution in [2.75, 3.05) is 13.2 Å². The van der Waals surface area contributed by atoms with Crippen LogP contribution >= 0.6 is 12.2 Å². The molecule has 1 aromatic rings. The molecule has 24 heavy (non-hydrogen) atoms. The van der Waals surface area contributed by atoms with Crippen LogP contribution in [0.1, 0.15) is 25.3 Å². The van der Waals surface area contributed by atoms with E-state index in [-0.39, 0.29) is 11.2 Å². The molecule has 2 fully saturated rings. The standard InChI is InChI=1S/C16H20N4O3S/c1-16(11-6-3-2-4-7-11)13(21)20(15(22)18-16)19-14(24)17-10-12-8-5-9-23-12/h2-4,6-7,12H,5,8-10H2,1H3,(H,18,22)(H2,17,19,24)/t12-,16-/m1/s1. The number of thiocarbonyl (C=S) groups is 1. The van der Waals surface area contributed by atoms with Crippen LogP contribution < -0.4 is 16.1 Å². The van der Waals surface area contributed by atoms with Crippen molar-refractivity contribution < 1.29 is 14.3 Å². The van der Waals surface area contributed by atoms with Crippen molar-refractivity contribution >= 4 is 29.3 Å². The molecule has 7 nitrogen and oxygen atoms in total. The lowest BCUT2D eigenvalue weighted by molar-refractivity contribution is -0.132. The van der Waals surface area contributed by atoms with E-state index in [4.69, 9.17) is 17.0 Å². The normalized spacial score (nSPS) is 26.4. The quantitative estimate of drug-likeness (QED) is 0.557. The smallest absolute Gasteiger partial charge is 0.344 e. The van der Waals surface area contributed by atoms with E-state index >= 15 is 0 Å². The summed E-state index contributed by atoms with van der Waals surface area (Å²) in [5.74, 6) is -0.403. The SMILES string of the molecule is C[C@]1(c2ccccc2)NC(=O)N(NC(=S)NC[C@H]2CCCO2)C1=O. The van der Waals surface area contributed by atoms with E-state index in [9.17, 15) is 9.59 Å². The first-order chi connectivity index (χ1) is 11.5. The maximum absolute atomic E-state index is 12.7. The van der Waals surface area contributed by atoms with Gasteiger partial charge in [-0.1, -0.05) is 30.3 Å². The summed E-state index contributed by atoms with van der Waals surface area (Å²) in [5.41, 5.74) is 2.26. The van der Waals surface area contributed by atoms with Crippen LogP contribution in [-0.2, 0) is 15.1 Å². The number of urea groups is 1. The van der Waals surface area contributed by atoms with E-state index in [1.807, 2.05) is 18.2 Å². The second-order valence-electron chi connectivity index (χ2n) is 6.02. The van der Waals surface area contributed by atoms with Gasteiger partial charge in [0.2, 0.25) is 0 Å². The van der Waals surface area contributed by atoms with Gasteiger partial charge in [-0.05, 0) is 37.5 Å². The Kier molecular flexibility index (Phi) is 4.68. The summed E-state index contributed by atoms with van der Waals surface area (Å²) in [4.78, 5) is 24.9. The van der Waals surface area contributed by atoms with Gasteiger partial charge in [0.15, 0.2) is 5.11 Å². The molecule has 2 saturated heterocycles. The largest absolute Gasteiger partial charge is 0.376 e. The molecule has 2 aliphatic heterocycles. The molecule has 0 aromatic heterocycles. The maximum atomic E-state index is 12.7. The van der Waals surface area contributed by atoms with Crippen LogP contribution in [0.25, 0.3) is 0 Å². The molecule has 128 valence electrons. The number of nitrogens with zero attached hydrogens (tertiary/aromatic N) is 1. The van der Waals surface area contributed by atoms with Crippen molar-refractivity contribution in [3.05, 3.63) is 35.9 Å². The third-order valence-electron chi connectivity index (χ3n) is 4.27. The molecule has 0 radical (unpaired) electrons. The minimum atomic E-state index is -1.12. The lowest BCUT2D eigenvalue weighted by atomic mass is 9.92. The van der Waals surface area contributed by atoms with Crippen LogP contribution in [0.4, 0.5) is 4.79 Å². The molecule has 0 spiro atoms. The number of ether oxygens (including phenoxy) is 1. The van der Waals surface area contributed by atoms with Crippen molar-refractivity contribution in [2.45, 2.75) is 31.4 Å². The predicted molar refractivity (Wildman–Crippen MR) is 91.9 cm³/mol. The van der Waals surface area contributed by atoms with Crippen LogP contribution in [0.2, 0.25) is 0 Å². The van der Waals surface area contributed by atoms with Gasteiger partial charge in [0, 0.05) is 13.2 Å². The minimum absolute atomic E-state index is 0.113. The maximum Gasteiger partial charge on any atom is 0.344 e. The number of amides is 3. The number of hydrogen-bond acceptors (Lipinski definition) is 4. The van der Waals surface area contributed by atoms with E-state index in [1.165, 1.54) is 0 Å². The molecule has 0 saturated carbocycles. The summed E-state index contributed by atoms with van der Waals surface area (Å²) in [6.07, 6.45) is 2.13. The summed E-state index contributed by atoms with van der Waals surface area (Å²) in [6, 6.07) is 8.57. The van der Waals surface area contributed by atoms with Crippen molar-refractivity contribution in [1.29, 1.82) is 0 Å². The molecule has 2 atom stereocenters. The van der Waals surface area contributed by atoms with E-state index in [0.29, 0.717) is 12.1 Å². The fourth-order valence-corrected chi connectivity index (χ4v) is 3.04. The number of benzene rings is 1. The minimum Gasteiger partial charge on any atom is -0.376 e. The molecule has 1 aromatic carbocycles. The fourth-order valence-electron chi connectivity index (χ4n) is 2.86. The molecule has 3 N–H and O–H groups in total. The molecule has 0 bridgehead atoms. The van der Waals surface area contributed by atoms with Crippen LogP contribution in [0.5, 0.6) is 0 Å². The van der Waals surface area contributed by atoms with Crippen LogP contribution in [-0.4, -0.2) is 41.3 Å². The lowest BCUT2D eigenvalue weighted by Gasteiger charge is -2.22. The summed E-state index contributed by atoms with van der Waals surface area (Å²) in [6.45, 7) is 2.98. The van der Waals surface area contributed by atoms with Crippen LogP contribution in [0.3, 0.4) is 0 Å². The number of hydrazine groups is 1. The zero-order valence-corrected chi connectivity index (χ0v) is 14.2. The van der Waals surface area contributed by atoms with Gasteiger partial charge in [0.1, 0.15) is 5.54 Å². The first-order valence-electron chi connectivity index (χ1n) is 7.89. The molecular formula is C16H20N4O3S. The number of carbonyl (C=O) groups excluding carboxylic acids is 2. The number of hydrogen-bond donors (Lipinski definition) is 3. The van der Waals surface area contributed by atoms with Gasteiger partial charge in [-0.2, -0.15) is 5.01 Å². The van der Waals surface area contributed by atoms with Crippen molar-refractivity contribution in [2.24, 2.45) is 0 Å². The number of rotatable bonds is 4. The molecule has 0 unspecified atom stereocenters. The highest BCUT2D eigenvalue weighted by Gasteiger charge is 2.49. The summed E-state index contributed by atoms with van der Waals surface area (Å²) in [7, 11) is 0. The molecular weight excluding hydrogens is 328 g/mol. The Balaban J connectivity index is 1.63. The third kappa shape index (κ3) is 3.20. The zero-order chi connectivity index (χ0) is 17.2.